The van der Waals surface area contributed by atoms with E-state index in [1.54, 1.807) is 12.1 Å². The fraction of sp³-hybridized carbons (Fsp3) is 0.571. The predicted molar refractivity (Wildman–Crippen MR) is 71.5 cm³/mol. The van der Waals surface area contributed by atoms with E-state index in [9.17, 15) is 8.78 Å². The Morgan fingerprint density at radius 1 is 1.24 bits per heavy atom. The van der Waals surface area contributed by atoms with Crippen LogP contribution in [0, 0.1) is 17.0 Å². The summed E-state index contributed by atoms with van der Waals surface area (Å²) in [7, 11) is 0. The molecule has 0 heterocycles. The van der Waals surface area contributed by atoms with E-state index in [0.29, 0.717) is 16.8 Å². The molecule has 0 aromatic heterocycles. The first kappa shape index (κ1) is 14.6. The number of alkyl halides is 1. The topological polar surface area (TPSA) is 0 Å². The highest BCUT2D eigenvalue weighted by molar-refractivity contribution is 9.09. The Balaban J connectivity index is 2.49. The molecule has 3 heteroatoms. The van der Waals surface area contributed by atoms with Gasteiger partial charge in [0, 0.05) is 4.83 Å². The maximum Gasteiger partial charge on any atom is 0.162 e. The molecule has 1 unspecified atom stereocenters. The van der Waals surface area contributed by atoms with Gasteiger partial charge in [0.05, 0.1) is 0 Å². The van der Waals surface area contributed by atoms with Gasteiger partial charge in [0.1, 0.15) is 0 Å². The molecule has 0 radical (unpaired) electrons. The molecule has 0 aliphatic heterocycles. The molecule has 1 rings (SSSR count). The van der Waals surface area contributed by atoms with Crippen LogP contribution in [0.1, 0.15) is 39.2 Å². The minimum absolute atomic E-state index is 0.195. The Morgan fingerprint density at radius 3 is 2.47 bits per heavy atom. The Morgan fingerprint density at radius 2 is 1.88 bits per heavy atom. The Kier molecular flexibility index (Phi) is 5.11. The van der Waals surface area contributed by atoms with Crippen LogP contribution in [0.3, 0.4) is 0 Å². The Bertz CT molecular complexity index is 369. The maximum absolute atomic E-state index is 13.4. The minimum Gasteiger partial charge on any atom is -0.204 e. The summed E-state index contributed by atoms with van der Waals surface area (Å²) < 4.78 is 26.3. The average molecular weight is 305 g/mol. The van der Waals surface area contributed by atoms with Gasteiger partial charge in [-0.3, -0.25) is 0 Å². The highest BCUT2D eigenvalue weighted by Gasteiger charge is 2.21. The molecule has 1 atom stereocenters. The third-order valence-electron chi connectivity index (χ3n) is 2.87. The average Bonchev–Trinajstić information content (AvgIpc) is 2.22. The monoisotopic (exact) mass is 304 g/mol. The number of benzene rings is 1. The fourth-order valence-electron chi connectivity index (χ4n) is 1.65. The van der Waals surface area contributed by atoms with Gasteiger partial charge in [-0.15, -0.1) is 0 Å². The van der Waals surface area contributed by atoms with E-state index in [1.807, 2.05) is 0 Å². The summed E-state index contributed by atoms with van der Waals surface area (Å²) in [5, 5.41) is 0. The summed E-state index contributed by atoms with van der Waals surface area (Å²) in [4.78, 5) is 0.395. The van der Waals surface area contributed by atoms with Crippen LogP contribution in [0.5, 0.6) is 0 Å². The zero-order chi connectivity index (χ0) is 13.1. The first-order valence-corrected chi connectivity index (χ1v) is 6.81. The number of rotatable bonds is 4. The summed E-state index contributed by atoms with van der Waals surface area (Å²) in [6.07, 6.45) is 2.40. The molecule has 17 heavy (non-hydrogen) atoms. The normalized spacial score (nSPS) is 13.8. The van der Waals surface area contributed by atoms with Crippen molar-refractivity contribution in [2.45, 2.75) is 44.9 Å². The van der Waals surface area contributed by atoms with Crippen molar-refractivity contribution in [3.05, 3.63) is 35.4 Å². The standard InChI is InChI=1S/C14H19BrF2/c1-14(2,3)12(15)9-5-7-10-6-4-8-11(16)13(10)17/h4,6,8,12H,5,7,9H2,1-3H3. The highest BCUT2D eigenvalue weighted by atomic mass is 79.9. The molecule has 0 amide bonds. The van der Waals surface area contributed by atoms with Gasteiger partial charge in [-0.1, -0.05) is 48.8 Å². The first-order chi connectivity index (χ1) is 7.82. The van der Waals surface area contributed by atoms with Crippen LogP contribution in [0.4, 0.5) is 8.78 Å². The third-order valence-corrected chi connectivity index (χ3v) is 4.71. The van der Waals surface area contributed by atoms with Crippen LogP contribution in [0.2, 0.25) is 0 Å². The van der Waals surface area contributed by atoms with Crippen molar-refractivity contribution < 1.29 is 8.78 Å². The predicted octanol–water partition coefficient (Wildman–Crippen LogP) is 5.10. The smallest absolute Gasteiger partial charge is 0.162 e. The molecule has 0 saturated carbocycles. The van der Waals surface area contributed by atoms with Crippen molar-refractivity contribution in [2.24, 2.45) is 5.41 Å². The van der Waals surface area contributed by atoms with E-state index < -0.39 is 11.6 Å². The summed E-state index contributed by atoms with van der Waals surface area (Å²) in [6, 6.07) is 4.36. The largest absolute Gasteiger partial charge is 0.204 e. The second-order valence-electron chi connectivity index (χ2n) is 5.44. The van der Waals surface area contributed by atoms with Crippen LogP contribution in [-0.2, 0) is 6.42 Å². The molecular weight excluding hydrogens is 286 g/mol. The van der Waals surface area contributed by atoms with Gasteiger partial charge in [-0.25, -0.2) is 8.78 Å². The van der Waals surface area contributed by atoms with Gasteiger partial charge >= 0.3 is 0 Å². The molecule has 96 valence electrons. The summed E-state index contributed by atoms with van der Waals surface area (Å²) >= 11 is 3.64. The molecule has 0 N–H and O–H groups in total. The number of aryl methyl sites for hydroxylation is 1. The molecule has 1 aromatic rings. The lowest BCUT2D eigenvalue weighted by molar-refractivity contribution is 0.379. The molecule has 0 aliphatic rings. The molecule has 1 aromatic carbocycles. The lowest BCUT2D eigenvalue weighted by Crippen LogP contribution is -2.20. The van der Waals surface area contributed by atoms with Crippen molar-refractivity contribution in [3.63, 3.8) is 0 Å². The van der Waals surface area contributed by atoms with E-state index in [1.165, 1.54) is 0 Å². The van der Waals surface area contributed by atoms with Gasteiger partial charge < -0.3 is 0 Å². The quantitative estimate of drug-likeness (QED) is 0.679. The van der Waals surface area contributed by atoms with E-state index in [-0.39, 0.29) is 5.41 Å². The minimum atomic E-state index is -0.756. The van der Waals surface area contributed by atoms with Gasteiger partial charge in [-0.05, 0) is 36.3 Å². The van der Waals surface area contributed by atoms with Crippen LogP contribution in [-0.4, -0.2) is 4.83 Å². The molecule has 0 saturated heterocycles. The maximum atomic E-state index is 13.4. The molecular formula is C14H19BrF2. The van der Waals surface area contributed by atoms with E-state index in [2.05, 4.69) is 36.7 Å². The van der Waals surface area contributed by atoms with Crippen molar-refractivity contribution in [3.8, 4) is 0 Å². The van der Waals surface area contributed by atoms with Gasteiger partial charge in [-0.2, -0.15) is 0 Å². The Labute approximate surface area is 111 Å². The lowest BCUT2D eigenvalue weighted by Gasteiger charge is -2.25. The second-order valence-corrected chi connectivity index (χ2v) is 6.54. The van der Waals surface area contributed by atoms with Gasteiger partial charge in [0.2, 0.25) is 0 Å². The molecule has 0 fully saturated rings. The van der Waals surface area contributed by atoms with Crippen molar-refractivity contribution in [1.82, 2.24) is 0 Å². The van der Waals surface area contributed by atoms with E-state index in [4.69, 9.17) is 0 Å². The van der Waals surface area contributed by atoms with Gasteiger partial charge in [0.15, 0.2) is 11.6 Å². The summed E-state index contributed by atoms with van der Waals surface area (Å²) in [5.74, 6) is -1.46. The zero-order valence-electron chi connectivity index (χ0n) is 10.6. The molecule has 0 nitrogen and oxygen atoms in total. The third kappa shape index (κ3) is 4.38. The fourth-order valence-corrected chi connectivity index (χ4v) is 1.97. The molecule has 0 aliphatic carbocycles. The van der Waals surface area contributed by atoms with E-state index >= 15 is 0 Å². The van der Waals surface area contributed by atoms with Crippen molar-refractivity contribution in [2.75, 3.05) is 0 Å². The van der Waals surface area contributed by atoms with Crippen molar-refractivity contribution >= 4 is 15.9 Å². The number of hydrogen-bond donors (Lipinski definition) is 0. The highest BCUT2D eigenvalue weighted by Crippen LogP contribution is 2.30. The zero-order valence-corrected chi connectivity index (χ0v) is 12.2. The van der Waals surface area contributed by atoms with E-state index in [0.717, 1.165) is 18.9 Å². The van der Waals surface area contributed by atoms with Crippen LogP contribution in [0.25, 0.3) is 0 Å². The Hall–Kier alpha value is -0.440. The van der Waals surface area contributed by atoms with Gasteiger partial charge in [0.25, 0.3) is 0 Å². The van der Waals surface area contributed by atoms with Crippen molar-refractivity contribution in [1.29, 1.82) is 0 Å². The van der Waals surface area contributed by atoms with Crippen LogP contribution < -0.4 is 0 Å². The summed E-state index contributed by atoms with van der Waals surface area (Å²) in [5.41, 5.74) is 0.666. The first-order valence-electron chi connectivity index (χ1n) is 5.89. The second kappa shape index (κ2) is 5.94. The van der Waals surface area contributed by atoms with Crippen LogP contribution >= 0.6 is 15.9 Å². The number of hydrogen-bond acceptors (Lipinski definition) is 0. The van der Waals surface area contributed by atoms with Crippen LogP contribution in [0.15, 0.2) is 18.2 Å². The lowest BCUT2D eigenvalue weighted by atomic mass is 9.89. The SMILES string of the molecule is CC(C)(C)C(Br)CCCc1cccc(F)c1F. The molecule has 0 bridgehead atoms. The number of halogens is 3. The summed E-state index contributed by atoms with van der Waals surface area (Å²) in [6.45, 7) is 6.49. The molecule has 0 spiro atoms.